The summed E-state index contributed by atoms with van der Waals surface area (Å²) in [4.78, 5) is 23.5. The number of nitrogen functional groups attached to an aromatic ring is 1. The number of nitrogens with zero attached hydrogens (tertiary/aromatic N) is 3. The number of aryl methyl sites for hydroxylation is 1. The number of aromatic nitrogens is 3. The van der Waals surface area contributed by atoms with Gasteiger partial charge in [-0.2, -0.15) is 5.10 Å². The van der Waals surface area contributed by atoms with Crippen LogP contribution in [-0.2, 0) is 18.4 Å². The van der Waals surface area contributed by atoms with Gasteiger partial charge in [0.05, 0.1) is 12.8 Å². The molecule has 3 N–H and O–H groups in total. The highest BCUT2D eigenvalue weighted by Crippen LogP contribution is 2.26. The van der Waals surface area contributed by atoms with E-state index < -0.39 is 5.91 Å². The number of ether oxygens (including phenoxy) is 1. The first kappa shape index (κ1) is 13.7. The van der Waals surface area contributed by atoms with Crippen molar-refractivity contribution in [3.63, 3.8) is 0 Å². The van der Waals surface area contributed by atoms with Crippen LogP contribution >= 0.6 is 0 Å². The normalized spacial score (nSPS) is 10.3. The third-order valence-corrected chi connectivity index (χ3v) is 2.68. The lowest BCUT2D eigenvalue weighted by Gasteiger charge is -2.10. The molecular formula is C12H15N5O3. The molecule has 0 radical (unpaired) electrons. The van der Waals surface area contributed by atoms with Crippen LogP contribution in [0.3, 0.4) is 0 Å². The molecule has 20 heavy (non-hydrogen) atoms. The summed E-state index contributed by atoms with van der Waals surface area (Å²) in [6, 6.07) is 4.90. The molecule has 0 aliphatic rings. The lowest BCUT2D eigenvalue weighted by atomic mass is 10.2. The van der Waals surface area contributed by atoms with E-state index >= 15 is 0 Å². The van der Waals surface area contributed by atoms with E-state index in [1.165, 1.54) is 18.0 Å². The van der Waals surface area contributed by atoms with Crippen LogP contribution in [0.4, 0.5) is 11.4 Å². The molecule has 8 nitrogen and oxygen atoms in total. The van der Waals surface area contributed by atoms with Crippen LogP contribution in [0.1, 0.15) is 0 Å². The summed E-state index contributed by atoms with van der Waals surface area (Å²) in [5, 5.41) is 6.44. The summed E-state index contributed by atoms with van der Waals surface area (Å²) in [6.07, 6.45) is 1.34. The van der Waals surface area contributed by atoms with Crippen molar-refractivity contribution in [2.45, 2.75) is 6.54 Å². The molecule has 1 aromatic carbocycles. The molecule has 0 spiro atoms. The fourth-order valence-electron chi connectivity index (χ4n) is 1.68. The minimum absolute atomic E-state index is 0.183. The van der Waals surface area contributed by atoms with Gasteiger partial charge < -0.3 is 15.8 Å². The number of hydrogen-bond acceptors (Lipinski definition) is 5. The second-order valence-electron chi connectivity index (χ2n) is 4.19. The highest BCUT2D eigenvalue weighted by atomic mass is 16.5. The molecule has 2 rings (SSSR count). The molecule has 0 saturated carbocycles. The van der Waals surface area contributed by atoms with Crippen LogP contribution in [0.5, 0.6) is 5.75 Å². The molecule has 1 amide bonds. The molecular weight excluding hydrogens is 262 g/mol. The van der Waals surface area contributed by atoms with Gasteiger partial charge in [-0.05, 0) is 18.2 Å². The van der Waals surface area contributed by atoms with Crippen LogP contribution in [0, 0.1) is 0 Å². The lowest BCUT2D eigenvalue weighted by molar-refractivity contribution is -0.117. The highest BCUT2D eigenvalue weighted by Gasteiger charge is 2.11. The molecule has 0 aliphatic carbocycles. The summed E-state index contributed by atoms with van der Waals surface area (Å²) < 4.78 is 7.47. The Hall–Kier alpha value is -2.77. The minimum atomic E-state index is -0.394. The number of nitrogens with one attached hydrogen (secondary N) is 1. The molecule has 0 saturated heterocycles. The Bertz CT molecular complexity index is 689. The predicted molar refractivity (Wildman–Crippen MR) is 73.5 cm³/mol. The third-order valence-electron chi connectivity index (χ3n) is 2.68. The highest BCUT2D eigenvalue weighted by molar-refractivity contribution is 5.92. The molecule has 106 valence electrons. The molecule has 1 heterocycles. The summed E-state index contributed by atoms with van der Waals surface area (Å²) >= 11 is 0. The maximum Gasteiger partial charge on any atom is 0.345 e. The Morgan fingerprint density at radius 2 is 2.25 bits per heavy atom. The second-order valence-corrected chi connectivity index (χ2v) is 4.19. The number of rotatable bonds is 4. The first-order chi connectivity index (χ1) is 9.51. The van der Waals surface area contributed by atoms with E-state index in [2.05, 4.69) is 10.4 Å². The number of benzene rings is 1. The summed E-state index contributed by atoms with van der Waals surface area (Å²) in [5.74, 6) is 0.0932. The molecule has 0 atom stereocenters. The van der Waals surface area contributed by atoms with Crippen LogP contribution in [0.15, 0.2) is 29.3 Å². The molecule has 0 unspecified atom stereocenters. The average molecular weight is 277 g/mol. The van der Waals surface area contributed by atoms with Crippen molar-refractivity contribution in [2.24, 2.45) is 7.05 Å². The standard InChI is InChI=1S/C12H15N5O3/c1-16-7-14-17(12(16)19)6-11(18)15-9-5-8(13)3-4-10(9)20-2/h3-5,7H,6,13H2,1-2H3,(H,15,18). The number of carbonyl (C=O) groups excluding carboxylic acids is 1. The molecule has 0 aliphatic heterocycles. The SMILES string of the molecule is COc1ccc(N)cc1NC(=O)Cn1ncn(C)c1=O. The quantitative estimate of drug-likeness (QED) is 0.754. The second kappa shape index (κ2) is 5.47. The van der Waals surface area contributed by atoms with Gasteiger partial charge in [0, 0.05) is 12.7 Å². The fraction of sp³-hybridized carbons (Fsp3) is 0.250. The van der Waals surface area contributed by atoms with Gasteiger partial charge in [-0.25, -0.2) is 9.48 Å². The van der Waals surface area contributed by atoms with Gasteiger partial charge in [0.2, 0.25) is 5.91 Å². The van der Waals surface area contributed by atoms with Crippen LogP contribution < -0.4 is 21.5 Å². The lowest BCUT2D eigenvalue weighted by Crippen LogP contribution is -2.29. The van der Waals surface area contributed by atoms with Gasteiger partial charge in [-0.3, -0.25) is 9.36 Å². The first-order valence-electron chi connectivity index (χ1n) is 5.83. The van der Waals surface area contributed by atoms with Crippen LogP contribution in [-0.4, -0.2) is 27.4 Å². The predicted octanol–water partition coefficient (Wildman–Crippen LogP) is -0.189. The number of nitrogens with two attached hydrogens (primary N) is 1. The fourth-order valence-corrected chi connectivity index (χ4v) is 1.68. The molecule has 2 aromatic rings. The van der Waals surface area contributed by atoms with Crippen molar-refractivity contribution in [2.75, 3.05) is 18.2 Å². The van der Waals surface area contributed by atoms with Gasteiger partial charge in [0.1, 0.15) is 18.6 Å². The Balaban J connectivity index is 2.14. The Morgan fingerprint density at radius 1 is 1.50 bits per heavy atom. The van der Waals surface area contributed by atoms with Gasteiger partial charge in [0.25, 0.3) is 0 Å². The summed E-state index contributed by atoms with van der Waals surface area (Å²) in [7, 11) is 3.05. The van der Waals surface area contributed by atoms with E-state index in [1.807, 2.05) is 0 Å². The van der Waals surface area contributed by atoms with Crippen molar-refractivity contribution >= 4 is 17.3 Å². The zero-order valence-corrected chi connectivity index (χ0v) is 11.2. The molecule has 0 bridgehead atoms. The van der Waals surface area contributed by atoms with Crippen LogP contribution in [0.25, 0.3) is 0 Å². The third kappa shape index (κ3) is 2.79. The Kier molecular flexibility index (Phi) is 3.74. The Morgan fingerprint density at radius 3 is 2.85 bits per heavy atom. The molecule has 8 heteroatoms. The number of carbonyl (C=O) groups is 1. The van der Waals surface area contributed by atoms with E-state index in [9.17, 15) is 9.59 Å². The Labute approximate surface area is 114 Å². The number of amides is 1. The van der Waals surface area contributed by atoms with Crippen molar-refractivity contribution in [3.8, 4) is 5.75 Å². The van der Waals surface area contributed by atoms with E-state index in [0.717, 1.165) is 4.68 Å². The van der Waals surface area contributed by atoms with Crippen molar-refractivity contribution in [3.05, 3.63) is 35.0 Å². The maximum absolute atomic E-state index is 11.9. The van der Waals surface area contributed by atoms with Crippen molar-refractivity contribution in [1.82, 2.24) is 14.3 Å². The van der Waals surface area contributed by atoms with E-state index in [0.29, 0.717) is 17.1 Å². The van der Waals surface area contributed by atoms with Crippen molar-refractivity contribution in [1.29, 1.82) is 0 Å². The summed E-state index contributed by atoms with van der Waals surface area (Å²) in [6.45, 7) is -0.183. The molecule has 0 fully saturated rings. The average Bonchev–Trinajstić information content (AvgIpc) is 2.71. The zero-order valence-electron chi connectivity index (χ0n) is 11.2. The van der Waals surface area contributed by atoms with E-state index in [4.69, 9.17) is 10.5 Å². The smallest absolute Gasteiger partial charge is 0.345 e. The van der Waals surface area contributed by atoms with E-state index in [1.54, 1.807) is 25.2 Å². The minimum Gasteiger partial charge on any atom is -0.495 e. The van der Waals surface area contributed by atoms with E-state index in [-0.39, 0.29) is 12.2 Å². The van der Waals surface area contributed by atoms with Crippen molar-refractivity contribution < 1.29 is 9.53 Å². The largest absolute Gasteiger partial charge is 0.495 e. The van der Waals surface area contributed by atoms with Gasteiger partial charge in [0.15, 0.2) is 0 Å². The maximum atomic E-state index is 11.9. The van der Waals surface area contributed by atoms with Gasteiger partial charge >= 0.3 is 5.69 Å². The van der Waals surface area contributed by atoms with Gasteiger partial charge in [-0.1, -0.05) is 0 Å². The molecule has 1 aromatic heterocycles. The van der Waals surface area contributed by atoms with Gasteiger partial charge in [-0.15, -0.1) is 0 Å². The zero-order chi connectivity index (χ0) is 14.7. The number of anilines is 2. The topological polar surface area (TPSA) is 104 Å². The first-order valence-corrected chi connectivity index (χ1v) is 5.83. The number of methoxy groups -OCH3 is 1. The summed E-state index contributed by atoms with van der Waals surface area (Å²) in [5.41, 5.74) is 6.24. The monoisotopic (exact) mass is 277 g/mol. The van der Waals surface area contributed by atoms with Crippen LogP contribution in [0.2, 0.25) is 0 Å². The number of hydrogen-bond donors (Lipinski definition) is 2.